The summed E-state index contributed by atoms with van der Waals surface area (Å²) in [4.78, 5) is 8.98. The lowest BCUT2D eigenvalue weighted by atomic mass is 10.1. The molecule has 144 valence electrons. The number of halogens is 1. The van der Waals surface area contributed by atoms with Crippen LogP contribution in [0.2, 0.25) is 0 Å². The lowest BCUT2D eigenvalue weighted by Crippen LogP contribution is -2.12. The van der Waals surface area contributed by atoms with Gasteiger partial charge in [0.15, 0.2) is 17.2 Å². The van der Waals surface area contributed by atoms with Gasteiger partial charge in [0, 0.05) is 23.2 Å². The number of aromatic amines is 1. The molecular formula is C20H16FN7O. The standard InChI is InChI=1S/C20H16FN7O/c1-11(29-17-9-12-7-14(21)3-4-15(12)25-19(17)22)18-16(28-6-2-5-24-28)8-13-10-23-27-20(13)26-18/h2-11H,1H3,(H2,22,25)(H,23,26,27)/t11-/m0/s1. The zero-order valence-electron chi connectivity index (χ0n) is 15.4. The predicted octanol–water partition coefficient (Wildman–Crippen LogP) is 3.55. The molecule has 0 radical (unpaired) electrons. The number of hydrogen-bond acceptors (Lipinski definition) is 6. The van der Waals surface area contributed by atoms with Crippen LogP contribution in [-0.4, -0.2) is 29.9 Å². The predicted molar refractivity (Wildman–Crippen MR) is 106 cm³/mol. The highest BCUT2D eigenvalue weighted by atomic mass is 19.1. The summed E-state index contributed by atoms with van der Waals surface area (Å²) in [6, 6.07) is 9.76. The fraction of sp³-hybridized carbons (Fsp3) is 0.100. The highest BCUT2D eigenvalue weighted by Gasteiger charge is 2.19. The van der Waals surface area contributed by atoms with Gasteiger partial charge in [-0.05, 0) is 43.3 Å². The zero-order valence-corrected chi connectivity index (χ0v) is 15.4. The molecule has 0 aliphatic rings. The normalized spacial score (nSPS) is 12.5. The molecule has 0 saturated heterocycles. The van der Waals surface area contributed by atoms with E-state index in [1.165, 1.54) is 12.1 Å². The third kappa shape index (κ3) is 3.02. The summed E-state index contributed by atoms with van der Waals surface area (Å²) in [6.07, 6.45) is 4.73. The molecule has 8 nitrogen and oxygen atoms in total. The summed E-state index contributed by atoms with van der Waals surface area (Å²) in [5.74, 6) is 0.225. The third-order valence-corrected chi connectivity index (χ3v) is 4.64. The van der Waals surface area contributed by atoms with Crippen LogP contribution >= 0.6 is 0 Å². The first-order valence-corrected chi connectivity index (χ1v) is 8.95. The number of benzene rings is 1. The fourth-order valence-electron chi connectivity index (χ4n) is 3.26. The van der Waals surface area contributed by atoms with Crippen molar-refractivity contribution in [3.63, 3.8) is 0 Å². The molecule has 0 aliphatic heterocycles. The van der Waals surface area contributed by atoms with E-state index in [4.69, 9.17) is 10.5 Å². The average Bonchev–Trinajstić information content (AvgIpc) is 3.39. The van der Waals surface area contributed by atoms with Crippen LogP contribution in [0.25, 0.3) is 27.6 Å². The van der Waals surface area contributed by atoms with Gasteiger partial charge in [-0.25, -0.2) is 19.0 Å². The quantitative estimate of drug-likeness (QED) is 0.487. The molecule has 5 rings (SSSR count). The van der Waals surface area contributed by atoms with E-state index in [0.29, 0.717) is 28.0 Å². The molecule has 3 N–H and O–H groups in total. The van der Waals surface area contributed by atoms with Gasteiger partial charge in [-0.2, -0.15) is 10.2 Å². The minimum atomic E-state index is -0.489. The molecule has 4 aromatic heterocycles. The van der Waals surface area contributed by atoms with Crippen molar-refractivity contribution in [3.05, 3.63) is 66.5 Å². The number of nitrogen functional groups attached to an aromatic ring is 1. The summed E-state index contributed by atoms with van der Waals surface area (Å²) < 4.78 is 21.4. The van der Waals surface area contributed by atoms with Crippen LogP contribution in [-0.2, 0) is 0 Å². The largest absolute Gasteiger partial charge is 0.480 e. The van der Waals surface area contributed by atoms with E-state index in [1.807, 2.05) is 25.3 Å². The van der Waals surface area contributed by atoms with Crippen molar-refractivity contribution in [3.8, 4) is 11.4 Å². The van der Waals surface area contributed by atoms with Gasteiger partial charge < -0.3 is 10.5 Å². The van der Waals surface area contributed by atoms with Crippen molar-refractivity contribution in [1.29, 1.82) is 0 Å². The Morgan fingerprint density at radius 2 is 2.07 bits per heavy atom. The zero-order chi connectivity index (χ0) is 20.0. The maximum absolute atomic E-state index is 13.6. The number of H-pyrrole nitrogens is 1. The van der Waals surface area contributed by atoms with Crippen LogP contribution in [0, 0.1) is 5.82 Å². The molecular weight excluding hydrogens is 373 g/mol. The van der Waals surface area contributed by atoms with E-state index in [-0.39, 0.29) is 11.6 Å². The number of nitrogens with zero attached hydrogens (tertiary/aromatic N) is 5. The Kier molecular flexibility index (Phi) is 3.87. The van der Waals surface area contributed by atoms with Gasteiger partial charge in [0.2, 0.25) is 0 Å². The average molecular weight is 389 g/mol. The smallest absolute Gasteiger partial charge is 0.166 e. The molecule has 0 bridgehead atoms. The van der Waals surface area contributed by atoms with Crippen molar-refractivity contribution in [1.82, 2.24) is 29.9 Å². The van der Waals surface area contributed by atoms with Crippen LogP contribution in [0.4, 0.5) is 10.2 Å². The SMILES string of the molecule is C[C@H](Oc1cc2cc(F)ccc2nc1N)c1nc2[nH]ncc2cc1-n1cccn1. The molecule has 0 saturated carbocycles. The van der Waals surface area contributed by atoms with Gasteiger partial charge in [0.25, 0.3) is 0 Å². The Hall–Kier alpha value is -4.01. The lowest BCUT2D eigenvalue weighted by Gasteiger charge is -2.18. The van der Waals surface area contributed by atoms with Gasteiger partial charge >= 0.3 is 0 Å². The second-order valence-corrected chi connectivity index (χ2v) is 6.62. The Morgan fingerprint density at radius 3 is 2.90 bits per heavy atom. The van der Waals surface area contributed by atoms with E-state index in [2.05, 4.69) is 25.3 Å². The van der Waals surface area contributed by atoms with Crippen LogP contribution in [0.5, 0.6) is 5.75 Å². The summed E-state index contributed by atoms with van der Waals surface area (Å²) in [7, 11) is 0. The molecule has 1 atom stereocenters. The van der Waals surface area contributed by atoms with Crippen LogP contribution < -0.4 is 10.5 Å². The van der Waals surface area contributed by atoms with Crippen molar-refractivity contribution < 1.29 is 9.13 Å². The summed E-state index contributed by atoms with van der Waals surface area (Å²) in [5, 5.41) is 12.7. The molecule has 0 fully saturated rings. The highest BCUT2D eigenvalue weighted by Crippen LogP contribution is 2.31. The number of nitrogens with one attached hydrogen (secondary N) is 1. The minimum absolute atomic E-state index is 0.221. The molecule has 0 spiro atoms. The number of ether oxygens (including phenoxy) is 1. The van der Waals surface area contributed by atoms with E-state index in [0.717, 1.165) is 11.1 Å². The number of nitrogens with two attached hydrogens (primary N) is 1. The monoisotopic (exact) mass is 389 g/mol. The van der Waals surface area contributed by atoms with E-state index >= 15 is 0 Å². The maximum atomic E-state index is 13.6. The Morgan fingerprint density at radius 1 is 1.17 bits per heavy atom. The van der Waals surface area contributed by atoms with E-state index < -0.39 is 6.10 Å². The second kappa shape index (κ2) is 6.55. The molecule has 29 heavy (non-hydrogen) atoms. The molecule has 1 aromatic carbocycles. The van der Waals surface area contributed by atoms with E-state index in [9.17, 15) is 4.39 Å². The number of pyridine rings is 2. The topological polar surface area (TPSA) is 108 Å². The minimum Gasteiger partial charge on any atom is -0.480 e. The number of hydrogen-bond donors (Lipinski definition) is 2. The maximum Gasteiger partial charge on any atom is 0.166 e. The third-order valence-electron chi connectivity index (χ3n) is 4.64. The molecule has 4 heterocycles. The Bertz CT molecular complexity index is 1330. The van der Waals surface area contributed by atoms with Crippen molar-refractivity contribution in [2.45, 2.75) is 13.0 Å². The summed E-state index contributed by atoms with van der Waals surface area (Å²) in [6.45, 7) is 1.85. The van der Waals surface area contributed by atoms with Crippen molar-refractivity contribution in [2.75, 3.05) is 5.73 Å². The molecule has 5 aromatic rings. The first-order valence-electron chi connectivity index (χ1n) is 8.95. The van der Waals surface area contributed by atoms with Gasteiger partial charge in [-0.15, -0.1) is 0 Å². The molecule has 9 heteroatoms. The van der Waals surface area contributed by atoms with E-state index in [1.54, 1.807) is 29.2 Å². The Labute approximate surface area is 164 Å². The van der Waals surface area contributed by atoms with Gasteiger partial charge in [0.05, 0.1) is 17.4 Å². The first-order chi connectivity index (χ1) is 14.1. The Balaban J connectivity index is 1.58. The number of aromatic nitrogens is 6. The van der Waals surface area contributed by atoms with Gasteiger partial charge in [0.1, 0.15) is 17.6 Å². The second-order valence-electron chi connectivity index (χ2n) is 6.62. The lowest BCUT2D eigenvalue weighted by molar-refractivity contribution is 0.223. The summed E-state index contributed by atoms with van der Waals surface area (Å²) in [5.41, 5.74) is 8.71. The highest BCUT2D eigenvalue weighted by molar-refractivity contribution is 5.82. The van der Waals surface area contributed by atoms with Gasteiger partial charge in [-0.3, -0.25) is 5.10 Å². The van der Waals surface area contributed by atoms with Gasteiger partial charge in [-0.1, -0.05) is 0 Å². The fourth-order valence-corrected chi connectivity index (χ4v) is 3.26. The number of anilines is 1. The summed E-state index contributed by atoms with van der Waals surface area (Å²) >= 11 is 0. The first kappa shape index (κ1) is 17.1. The molecule has 0 unspecified atom stereocenters. The van der Waals surface area contributed by atoms with Crippen molar-refractivity contribution in [2.24, 2.45) is 0 Å². The molecule has 0 amide bonds. The number of rotatable bonds is 4. The van der Waals surface area contributed by atoms with Crippen LogP contribution in [0.3, 0.4) is 0 Å². The van der Waals surface area contributed by atoms with Crippen LogP contribution in [0.15, 0.2) is 55.0 Å². The molecule has 0 aliphatic carbocycles. The van der Waals surface area contributed by atoms with Crippen LogP contribution in [0.1, 0.15) is 18.7 Å². The number of fused-ring (bicyclic) bond motifs is 2. The van der Waals surface area contributed by atoms with Crippen molar-refractivity contribution >= 4 is 27.8 Å².